The summed E-state index contributed by atoms with van der Waals surface area (Å²) in [5, 5.41) is 3.11. The number of nitrogens with zero attached hydrogens (tertiary/aromatic N) is 1. The molecule has 19 heavy (non-hydrogen) atoms. The van der Waals surface area contributed by atoms with Crippen molar-refractivity contribution in [2.45, 2.75) is 18.9 Å². The number of nitrogens with two attached hydrogens (primary N) is 1. The number of nitrogen functional groups attached to an aromatic ring is 1. The van der Waals surface area contributed by atoms with Gasteiger partial charge in [-0.15, -0.1) is 0 Å². The lowest BCUT2D eigenvalue weighted by atomic mass is 10.1. The number of pyridine rings is 1. The molecule has 0 saturated carbocycles. The third-order valence-electron chi connectivity index (χ3n) is 2.93. The van der Waals surface area contributed by atoms with E-state index in [0.29, 0.717) is 22.9 Å². The van der Waals surface area contributed by atoms with Crippen LogP contribution in [-0.4, -0.2) is 32.6 Å². The van der Waals surface area contributed by atoms with Crippen molar-refractivity contribution >= 4 is 34.1 Å². The summed E-state index contributed by atoms with van der Waals surface area (Å²) in [5.74, 6) is 6.64. The van der Waals surface area contributed by atoms with Crippen LogP contribution in [0, 0.1) is 0 Å². The number of hydrogen-bond donors (Lipinski definition) is 3. The van der Waals surface area contributed by atoms with Gasteiger partial charge in [-0.25, -0.2) is 10.8 Å². The third-order valence-corrected chi connectivity index (χ3v) is 4.50. The third kappa shape index (κ3) is 3.89. The first-order valence-corrected chi connectivity index (χ1v) is 7.75. The van der Waals surface area contributed by atoms with Crippen LogP contribution in [0.2, 0.25) is 5.15 Å². The van der Waals surface area contributed by atoms with E-state index >= 15 is 0 Å². The van der Waals surface area contributed by atoms with Crippen LogP contribution in [0.3, 0.4) is 0 Å². The number of hydrazine groups is 1. The molecule has 0 aromatic carbocycles. The highest BCUT2D eigenvalue weighted by atomic mass is 35.5. The van der Waals surface area contributed by atoms with Crippen molar-refractivity contribution in [3.05, 3.63) is 22.8 Å². The van der Waals surface area contributed by atoms with Gasteiger partial charge in [0, 0.05) is 33.9 Å². The van der Waals surface area contributed by atoms with Crippen molar-refractivity contribution < 1.29 is 9.00 Å². The molecule has 8 heteroatoms. The fourth-order valence-electron chi connectivity index (χ4n) is 1.91. The van der Waals surface area contributed by atoms with Gasteiger partial charge in [0.15, 0.2) is 0 Å². The second-order valence-electron chi connectivity index (χ2n) is 4.30. The highest BCUT2D eigenvalue weighted by Gasteiger charge is 2.20. The Morgan fingerprint density at radius 3 is 2.74 bits per heavy atom. The fourth-order valence-corrected chi connectivity index (χ4v) is 3.42. The van der Waals surface area contributed by atoms with Crippen LogP contribution in [0.25, 0.3) is 0 Å². The lowest BCUT2D eigenvalue weighted by Gasteiger charge is -2.22. The predicted molar refractivity (Wildman–Crippen MR) is 75.4 cm³/mol. The van der Waals surface area contributed by atoms with E-state index in [1.54, 1.807) is 0 Å². The van der Waals surface area contributed by atoms with E-state index in [2.05, 4.69) is 15.7 Å². The summed E-state index contributed by atoms with van der Waals surface area (Å²) in [4.78, 5) is 16.0. The molecule has 0 radical (unpaired) electrons. The van der Waals surface area contributed by atoms with Gasteiger partial charge in [0.2, 0.25) is 0 Å². The van der Waals surface area contributed by atoms with Crippen LogP contribution < -0.4 is 16.6 Å². The molecule has 0 aliphatic carbocycles. The van der Waals surface area contributed by atoms with Crippen LogP contribution in [0.5, 0.6) is 0 Å². The predicted octanol–water partition coefficient (Wildman–Crippen LogP) is 0.661. The van der Waals surface area contributed by atoms with Crippen LogP contribution in [0.4, 0.5) is 5.82 Å². The number of hydrogen-bond acceptors (Lipinski definition) is 5. The van der Waals surface area contributed by atoms with Gasteiger partial charge in [0.25, 0.3) is 5.91 Å². The molecule has 1 fully saturated rings. The monoisotopic (exact) mass is 302 g/mol. The average Bonchev–Trinajstić information content (AvgIpc) is 2.40. The summed E-state index contributed by atoms with van der Waals surface area (Å²) in [6.45, 7) is 0. The SMILES string of the molecule is NNc1cc(C(=O)NC2CCS(=O)CC2)cc(Cl)n1. The second-order valence-corrected chi connectivity index (χ2v) is 6.39. The van der Waals surface area contributed by atoms with Crippen LogP contribution >= 0.6 is 11.6 Å². The number of amides is 1. The topological polar surface area (TPSA) is 97.1 Å². The van der Waals surface area contributed by atoms with Crippen molar-refractivity contribution in [2.75, 3.05) is 16.9 Å². The van der Waals surface area contributed by atoms with E-state index in [1.165, 1.54) is 12.1 Å². The van der Waals surface area contributed by atoms with Gasteiger partial charge < -0.3 is 10.7 Å². The summed E-state index contributed by atoms with van der Waals surface area (Å²) in [7, 11) is -0.738. The van der Waals surface area contributed by atoms with E-state index in [4.69, 9.17) is 17.4 Å². The molecule has 1 aromatic heterocycles. The Balaban J connectivity index is 2.03. The largest absolute Gasteiger partial charge is 0.349 e. The van der Waals surface area contributed by atoms with Gasteiger partial charge in [-0.1, -0.05) is 11.6 Å². The molecule has 0 spiro atoms. The summed E-state index contributed by atoms with van der Waals surface area (Å²) in [6.07, 6.45) is 1.47. The van der Waals surface area contributed by atoms with Crippen molar-refractivity contribution in [2.24, 2.45) is 5.84 Å². The summed E-state index contributed by atoms with van der Waals surface area (Å²) >= 11 is 5.81. The van der Waals surface area contributed by atoms with Gasteiger partial charge in [-0.05, 0) is 25.0 Å². The molecule has 0 bridgehead atoms. The van der Waals surface area contributed by atoms with E-state index in [1.807, 2.05) is 0 Å². The second kappa shape index (κ2) is 6.31. The minimum atomic E-state index is -0.738. The Labute approximate surface area is 118 Å². The van der Waals surface area contributed by atoms with Crippen LogP contribution in [0.1, 0.15) is 23.2 Å². The molecular weight excluding hydrogens is 288 g/mol. The molecule has 1 aliphatic rings. The fraction of sp³-hybridized carbons (Fsp3) is 0.455. The van der Waals surface area contributed by atoms with Crippen LogP contribution in [-0.2, 0) is 10.8 Å². The number of anilines is 1. The van der Waals surface area contributed by atoms with Gasteiger partial charge in [0.05, 0.1) is 0 Å². The van der Waals surface area contributed by atoms with Crippen molar-refractivity contribution in [3.63, 3.8) is 0 Å². The Bertz CT molecular complexity index is 501. The zero-order valence-electron chi connectivity index (χ0n) is 10.2. The number of rotatable bonds is 3. The van der Waals surface area contributed by atoms with E-state index in [0.717, 1.165) is 12.8 Å². The smallest absolute Gasteiger partial charge is 0.251 e. The maximum atomic E-state index is 12.1. The summed E-state index contributed by atoms with van der Waals surface area (Å²) < 4.78 is 11.2. The Morgan fingerprint density at radius 1 is 1.42 bits per heavy atom. The quantitative estimate of drug-likeness (QED) is 0.433. The zero-order valence-corrected chi connectivity index (χ0v) is 11.8. The van der Waals surface area contributed by atoms with Gasteiger partial charge in [0.1, 0.15) is 11.0 Å². The standard InChI is InChI=1S/C11H15ClN4O2S/c12-9-5-7(6-10(15-9)16-13)11(17)14-8-1-3-19(18)4-2-8/h5-6,8H,1-4,13H2,(H,14,17)(H,15,16). The Hall–Kier alpha value is -1.18. The summed E-state index contributed by atoms with van der Waals surface area (Å²) in [5.41, 5.74) is 2.76. The molecule has 1 amide bonds. The van der Waals surface area contributed by atoms with E-state index < -0.39 is 10.8 Å². The van der Waals surface area contributed by atoms with Gasteiger partial charge >= 0.3 is 0 Å². The number of halogens is 1. The molecule has 1 aromatic rings. The minimum absolute atomic E-state index is 0.0615. The van der Waals surface area contributed by atoms with Crippen LogP contribution in [0.15, 0.2) is 12.1 Å². The average molecular weight is 303 g/mol. The number of aromatic nitrogens is 1. The molecule has 2 rings (SSSR count). The first kappa shape index (κ1) is 14.2. The molecule has 0 atom stereocenters. The molecule has 1 saturated heterocycles. The maximum absolute atomic E-state index is 12.1. The van der Waals surface area contributed by atoms with E-state index in [-0.39, 0.29) is 17.1 Å². The molecule has 0 unspecified atom stereocenters. The lowest BCUT2D eigenvalue weighted by molar-refractivity contribution is 0.0934. The first-order valence-electron chi connectivity index (χ1n) is 5.88. The minimum Gasteiger partial charge on any atom is -0.349 e. The number of carbonyl (C=O) groups excluding carboxylic acids is 1. The summed E-state index contributed by atoms with van der Waals surface area (Å²) in [6, 6.07) is 3.08. The number of carbonyl (C=O) groups is 1. The Morgan fingerprint density at radius 2 is 2.11 bits per heavy atom. The molecule has 6 nitrogen and oxygen atoms in total. The maximum Gasteiger partial charge on any atom is 0.251 e. The normalized spacial score (nSPS) is 22.8. The molecule has 2 heterocycles. The van der Waals surface area contributed by atoms with Crippen molar-refractivity contribution in [3.8, 4) is 0 Å². The van der Waals surface area contributed by atoms with Gasteiger partial charge in [-0.3, -0.25) is 9.00 Å². The molecule has 104 valence electrons. The molecule has 1 aliphatic heterocycles. The number of nitrogens with one attached hydrogen (secondary N) is 2. The lowest BCUT2D eigenvalue weighted by Crippen LogP contribution is -2.39. The highest BCUT2D eigenvalue weighted by molar-refractivity contribution is 7.85. The molecular formula is C11H15ClN4O2S. The van der Waals surface area contributed by atoms with Crippen molar-refractivity contribution in [1.82, 2.24) is 10.3 Å². The zero-order chi connectivity index (χ0) is 13.8. The van der Waals surface area contributed by atoms with Gasteiger partial charge in [-0.2, -0.15) is 0 Å². The Kier molecular flexibility index (Phi) is 4.73. The first-order chi connectivity index (χ1) is 9.08. The highest BCUT2D eigenvalue weighted by Crippen LogP contribution is 2.15. The molecule has 4 N–H and O–H groups in total. The van der Waals surface area contributed by atoms with E-state index in [9.17, 15) is 9.00 Å². The van der Waals surface area contributed by atoms with Crippen molar-refractivity contribution in [1.29, 1.82) is 0 Å².